The third-order valence-corrected chi connectivity index (χ3v) is 2.57. The minimum absolute atomic E-state index is 0.361. The number of nitrogens with one attached hydrogen (secondary N) is 2. The van der Waals surface area contributed by atoms with Crippen LogP contribution in [-0.4, -0.2) is 29.5 Å². The number of halogens is 3. The summed E-state index contributed by atoms with van der Waals surface area (Å²) in [5.74, 6) is -2.93. The summed E-state index contributed by atoms with van der Waals surface area (Å²) in [4.78, 5) is 26.3. The predicted molar refractivity (Wildman–Crippen MR) is 69.4 cm³/mol. The van der Waals surface area contributed by atoms with Crippen LogP contribution in [0.5, 0.6) is 0 Å². The molecule has 0 spiro atoms. The molecule has 0 aliphatic carbocycles. The number of nitrogens with zero attached hydrogens (tertiary/aromatic N) is 1. The van der Waals surface area contributed by atoms with Crippen LogP contribution in [0, 0.1) is 0 Å². The average Bonchev–Trinajstić information content (AvgIpc) is 2.44. The Balaban J connectivity index is 2.04. The second-order valence-electron chi connectivity index (χ2n) is 4.11. The number of aromatic nitrogens is 1. The fraction of sp³-hybridized carbons (Fsp3) is 0.154. The zero-order valence-corrected chi connectivity index (χ0v) is 10.6. The first-order valence-corrected chi connectivity index (χ1v) is 5.86. The predicted octanol–water partition coefficient (Wildman–Crippen LogP) is 1.85. The number of fused-ring (bicyclic) bond motifs is 1. The number of pyridine rings is 1. The summed E-state index contributed by atoms with van der Waals surface area (Å²) >= 11 is 0. The van der Waals surface area contributed by atoms with E-state index in [1.807, 2.05) is 0 Å². The molecule has 1 heterocycles. The summed E-state index contributed by atoms with van der Waals surface area (Å²) in [6.45, 7) is -0.776. The van der Waals surface area contributed by atoms with Crippen molar-refractivity contribution in [3.63, 3.8) is 0 Å². The first-order valence-electron chi connectivity index (χ1n) is 5.86. The van der Waals surface area contributed by atoms with Crippen LogP contribution in [0.25, 0.3) is 10.9 Å². The number of hydrogen-bond donors (Lipinski definition) is 2. The largest absolute Gasteiger partial charge is 0.471 e. The third-order valence-electron chi connectivity index (χ3n) is 2.57. The first-order chi connectivity index (χ1) is 9.88. The highest BCUT2D eigenvalue weighted by Crippen LogP contribution is 2.20. The first kappa shape index (κ1) is 14.8. The second kappa shape index (κ2) is 5.78. The molecule has 0 bridgehead atoms. The van der Waals surface area contributed by atoms with Crippen LogP contribution in [0.15, 0.2) is 36.5 Å². The minimum Gasteiger partial charge on any atom is -0.339 e. The number of carbonyl (C=O) groups excluding carboxylic acids is 2. The van der Waals surface area contributed by atoms with E-state index in [4.69, 9.17) is 0 Å². The maximum atomic E-state index is 12.0. The summed E-state index contributed by atoms with van der Waals surface area (Å²) in [6.07, 6.45) is -3.48. The van der Waals surface area contributed by atoms with Gasteiger partial charge in [0.05, 0.1) is 17.7 Å². The number of benzene rings is 1. The van der Waals surface area contributed by atoms with Gasteiger partial charge in [-0.15, -0.1) is 0 Å². The van der Waals surface area contributed by atoms with Crippen molar-refractivity contribution in [3.05, 3.63) is 36.5 Å². The lowest BCUT2D eigenvalue weighted by atomic mass is 10.2. The zero-order chi connectivity index (χ0) is 15.5. The molecule has 0 aliphatic rings. The Morgan fingerprint density at radius 1 is 1.14 bits per heavy atom. The average molecular weight is 297 g/mol. The molecule has 1 aromatic heterocycles. The standard InChI is InChI=1S/C13H10F3N3O2/c14-13(15,16)12(21)18-7-10(20)19-9-5-1-3-8-4-2-6-17-11(8)9/h1-6H,7H2,(H,18,21)(H,19,20). The molecule has 0 radical (unpaired) electrons. The molecule has 0 fully saturated rings. The highest BCUT2D eigenvalue weighted by molar-refractivity contribution is 6.01. The highest BCUT2D eigenvalue weighted by atomic mass is 19.4. The number of alkyl halides is 3. The molecule has 110 valence electrons. The zero-order valence-electron chi connectivity index (χ0n) is 10.6. The molecule has 2 amide bonds. The molecule has 0 saturated carbocycles. The van der Waals surface area contributed by atoms with Crippen LogP contribution in [0.3, 0.4) is 0 Å². The van der Waals surface area contributed by atoms with E-state index in [0.717, 1.165) is 5.39 Å². The van der Waals surface area contributed by atoms with Gasteiger partial charge in [0.2, 0.25) is 5.91 Å². The van der Waals surface area contributed by atoms with E-state index < -0.39 is 24.5 Å². The second-order valence-corrected chi connectivity index (χ2v) is 4.11. The van der Waals surface area contributed by atoms with Crippen molar-refractivity contribution in [2.45, 2.75) is 6.18 Å². The Kier molecular flexibility index (Phi) is 4.06. The van der Waals surface area contributed by atoms with Crippen LogP contribution in [0.1, 0.15) is 0 Å². The number of amides is 2. The van der Waals surface area contributed by atoms with Crippen LogP contribution >= 0.6 is 0 Å². The van der Waals surface area contributed by atoms with Gasteiger partial charge in [0, 0.05) is 11.6 Å². The van der Waals surface area contributed by atoms with E-state index in [1.54, 1.807) is 30.3 Å². The van der Waals surface area contributed by atoms with Gasteiger partial charge in [-0.3, -0.25) is 14.6 Å². The lowest BCUT2D eigenvalue weighted by Crippen LogP contribution is -2.41. The van der Waals surface area contributed by atoms with Crippen LogP contribution in [0.2, 0.25) is 0 Å². The Morgan fingerprint density at radius 3 is 2.57 bits per heavy atom. The monoisotopic (exact) mass is 297 g/mol. The van der Waals surface area contributed by atoms with Crippen molar-refractivity contribution in [2.24, 2.45) is 0 Å². The summed E-state index contributed by atoms with van der Waals surface area (Å²) in [7, 11) is 0. The van der Waals surface area contributed by atoms with Crippen molar-refractivity contribution in [3.8, 4) is 0 Å². The van der Waals surface area contributed by atoms with Gasteiger partial charge in [-0.1, -0.05) is 18.2 Å². The molecular formula is C13H10F3N3O2. The molecule has 0 atom stereocenters. The van der Waals surface area contributed by atoms with Gasteiger partial charge in [-0.05, 0) is 12.1 Å². The Hall–Kier alpha value is -2.64. The van der Waals surface area contributed by atoms with E-state index >= 15 is 0 Å². The van der Waals surface area contributed by atoms with Crippen molar-refractivity contribution in [1.82, 2.24) is 10.3 Å². The Morgan fingerprint density at radius 2 is 1.86 bits per heavy atom. The van der Waals surface area contributed by atoms with Gasteiger partial charge in [0.15, 0.2) is 0 Å². The number of anilines is 1. The van der Waals surface area contributed by atoms with Gasteiger partial charge in [0.25, 0.3) is 0 Å². The topological polar surface area (TPSA) is 71.1 Å². The van der Waals surface area contributed by atoms with Gasteiger partial charge in [-0.2, -0.15) is 13.2 Å². The van der Waals surface area contributed by atoms with Crippen molar-refractivity contribution >= 4 is 28.4 Å². The summed E-state index contributed by atoms with van der Waals surface area (Å²) in [6, 6.07) is 8.52. The number of rotatable bonds is 3. The summed E-state index contributed by atoms with van der Waals surface area (Å²) < 4.78 is 35.9. The smallest absolute Gasteiger partial charge is 0.339 e. The fourth-order valence-corrected chi connectivity index (χ4v) is 1.66. The van der Waals surface area contributed by atoms with Gasteiger partial charge in [0.1, 0.15) is 0 Å². The van der Waals surface area contributed by atoms with Crippen LogP contribution < -0.4 is 10.6 Å². The number of hydrogen-bond acceptors (Lipinski definition) is 3. The molecule has 1 aromatic carbocycles. The van der Waals surface area contributed by atoms with E-state index in [9.17, 15) is 22.8 Å². The van der Waals surface area contributed by atoms with E-state index in [-0.39, 0.29) is 0 Å². The van der Waals surface area contributed by atoms with E-state index in [1.165, 1.54) is 11.5 Å². The van der Waals surface area contributed by atoms with Gasteiger partial charge >= 0.3 is 12.1 Å². The SMILES string of the molecule is O=C(CNC(=O)C(F)(F)F)Nc1cccc2cccnc12. The normalized spacial score (nSPS) is 11.2. The Labute approximate surface area is 117 Å². The van der Waals surface area contributed by atoms with Crippen molar-refractivity contribution < 1.29 is 22.8 Å². The summed E-state index contributed by atoms with van der Waals surface area (Å²) in [5, 5.41) is 4.68. The van der Waals surface area contributed by atoms with Gasteiger partial charge < -0.3 is 10.6 Å². The molecular weight excluding hydrogens is 287 g/mol. The molecule has 5 nitrogen and oxygen atoms in total. The maximum absolute atomic E-state index is 12.0. The minimum atomic E-state index is -5.01. The molecule has 2 N–H and O–H groups in total. The van der Waals surface area contributed by atoms with Crippen LogP contribution in [-0.2, 0) is 9.59 Å². The number of para-hydroxylation sites is 1. The quantitative estimate of drug-likeness (QED) is 0.908. The van der Waals surface area contributed by atoms with Crippen molar-refractivity contribution in [2.75, 3.05) is 11.9 Å². The summed E-state index contributed by atoms with van der Waals surface area (Å²) in [5.41, 5.74) is 0.870. The molecule has 0 unspecified atom stereocenters. The molecule has 0 saturated heterocycles. The number of carbonyl (C=O) groups is 2. The lowest BCUT2D eigenvalue weighted by molar-refractivity contribution is -0.173. The van der Waals surface area contributed by atoms with E-state index in [2.05, 4.69) is 10.3 Å². The lowest BCUT2D eigenvalue weighted by Gasteiger charge is -2.10. The maximum Gasteiger partial charge on any atom is 0.471 e. The molecule has 21 heavy (non-hydrogen) atoms. The third kappa shape index (κ3) is 3.68. The fourth-order valence-electron chi connectivity index (χ4n) is 1.66. The Bertz CT molecular complexity index is 680. The van der Waals surface area contributed by atoms with E-state index in [0.29, 0.717) is 11.2 Å². The molecule has 0 aliphatic heterocycles. The van der Waals surface area contributed by atoms with Gasteiger partial charge in [-0.25, -0.2) is 0 Å². The van der Waals surface area contributed by atoms with Crippen LogP contribution in [0.4, 0.5) is 18.9 Å². The molecule has 2 aromatic rings. The molecule has 2 rings (SSSR count). The molecule has 8 heteroatoms. The van der Waals surface area contributed by atoms with Crippen molar-refractivity contribution in [1.29, 1.82) is 0 Å². The highest BCUT2D eigenvalue weighted by Gasteiger charge is 2.38.